The summed E-state index contributed by atoms with van der Waals surface area (Å²) in [6, 6.07) is 15.5. The van der Waals surface area contributed by atoms with Gasteiger partial charge >= 0.3 is 0 Å². The van der Waals surface area contributed by atoms with Crippen LogP contribution in [0.25, 0.3) is 0 Å². The fraction of sp³-hybridized carbons (Fsp3) is 0.276. The molecule has 5 rings (SSSR count). The molecule has 3 aromatic rings. The van der Waals surface area contributed by atoms with Crippen molar-refractivity contribution in [2.24, 2.45) is 5.73 Å². The van der Waals surface area contributed by atoms with Gasteiger partial charge in [0.05, 0.1) is 30.4 Å². The van der Waals surface area contributed by atoms with Crippen molar-refractivity contribution in [1.82, 2.24) is 10.2 Å². The molecule has 40 heavy (non-hydrogen) atoms. The van der Waals surface area contributed by atoms with Gasteiger partial charge in [0.2, 0.25) is 11.0 Å². The average Bonchev–Trinajstić information content (AvgIpc) is 3.41. The smallest absolute Gasteiger partial charge is 0.234 e. The molecule has 2 aromatic carbocycles. The number of nitrogens with one attached hydrogen (secondary N) is 1. The van der Waals surface area contributed by atoms with Gasteiger partial charge < -0.3 is 15.8 Å². The van der Waals surface area contributed by atoms with Crippen LogP contribution in [-0.2, 0) is 9.59 Å². The summed E-state index contributed by atoms with van der Waals surface area (Å²) >= 11 is 2.53. The van der Waals surface area contributed by atoms with E-state index in [-0.39, 0.29) is 28.8 Å². The molecule has 1 unspecified atom stereocenters. The highest BCUT2D eigenvalue weighted by molar-refractivity contribution is 8.01. The Bertz CT molecular complexity index is 1600. The number of hydrogen-bond acceptors (Lipinski definition) is 10. The van der Waals surface area contributed by atoms with Gasteiger partial charge in [0.15, 0.2) is 10.1 Å². The van der Waals surface area contributed by atoms with E-state index in [4.69, 9.17) is 10.5 Å². The van der Waals surface area contributed by atoms with E-state index < -0.39 is 5.92 Å². The minimum Gasteiger partial charge on any atom is -0.496 e. The summed E-state index contributed by atoms with van der Waals surface area (Å²) in [5.74, 6) is 0.146. The summed E-state index contributed by atoms with van der Waals surface area (Å²) in [4.78, 5) is 27.6. The molecule has 0 fully saturated rings. The molecule has 0 saturated heterocycles. The number of Topliss-reactive ketones (excluding diaryl/α,β-unsaturated/α-hetero) is 1. The maximum Gasteiger partial charge on any atom is 0.234 e. The largest absolute Gasteiger partial charge is 0.496 e. The summed E-state index contributed by atoms with van der Waals surface area (Å²) in [5.41, 5.74) is 11.8. The highest BCUT2D eigenvalue weighted by atomic mass is 32.2. The second-order valence-corrected chi connectivity index (χ2v) is 11.7. The van der Waals surface area contributed by atoms with Crippen LogP contribution in [0.1, 0.15) is 41.9 Å². The number of nitriles is 1. The van der Waals surface area contributed by atoms with Crippen LogP contribution in [-0.4, -0.2) is 34.8 Å². The molecular formula is C29H28N6O3S2. The number of allylic oxidation sites excluding steroid dienone is 3. The summed E-state index contributed by atoms with van der Waals surface area (Å²) in [6.45, 7) is 3.96. The normalized spacial score (nSPS) is 17.0. The van der Waals surface area contributed by atoms with Crippen molar-refractivity contribution < 1.29 is 14.3 Å². The molecule has 1 atom stereocenters. The number of aromatic nitrogens is 2. The third kappa shape index (κ3) is 5.20. The molecule has 9 nitrogen and oxygen atoms in total. The molecule has 1 aliphatic heterocycles. The van der Waals surface area contributed by atoms with E-state index in [9.17, 15) is 14.9 Å². The molecule has 3 N–H and O–H groups in total. The van der Waals surface area contributed by atoms with Crippen LogP contribution in [0.15, 0.2) is 69.5 Å². The van der Waals surface area contributed by atoms with Crippen LogP contribution in [0.4, 0.5) is 10.8 Å². The van der Waals surface area contributed by atoms with Crippen LogP contribution < -0.4 is 20.7 Å². The lowest BCUT2D eigenvalue weighted by molar-refractivity contribution is -0.116. The predicted octanol–water partition coefficient (Wildman–Crippen LogP) is 5.20. The third-order valence-corrected chi connectivity index (χ3v) is 8.97. The van der Waals surface area contributed by atoms with Crippen LogP contribution >= 0.6 is 23.1 Å². The van der Waals surface area contributed by atoms with E-state index in [1.54, 1.807) is 12.0 Å². The molecule has 11 heteroatoms. The second-order valence-electron chi connectivity index (χ2n) is 9.56. The van der Waals surface area contributed by atoms with E-state index >= 15 is 0 Å². The van der Waals surface area contributed by atoms with Gasteiger partial charge in [0.25, 0.3) is 0 Å². The zero-order valence-electron chi connectivity index (χ0n) is 22.4. The van der Waals surface area contributed by atoms with Gasteiger partial charge in [-0.1, -0.05) is 59.0 Å². The average molecular weight is 573 g/mol. The first-order valence-corrected chi connectivity index (χ1v) is 14.5. The molecule has 2 heterocycles. The number of thioether (sulfide) groups is 1. The van der Waals surface area contributed by atoms with E-state index in [2.05, 4.69) is 21.6 Å². The van der Waals surface area contributed by atoms with Crippen molar-refractivity contribution in [2.45, 2.75) is 43.4 Å². The second kappa shape index (κ2) is 11.5. The minimum atomic E-state index is -0.629. The van der Waals surface area contributed by atoms with Gasteiger partial charge in [-0.25, -0.2) is 0 Å². The van der Waals surface area contributed by atoms with Crippen LogP contribution in [0.2, 0.25) is 0 Å². The Kier molecular flexibility index (Phi) is 7.91. The predicted molar refractivity (Wildman–Crippen MR) is 156 cm³/mol. The molecule has 204 valence electrons. The standard InChI is InChI=1S/C29H28N6O3S2/c1-16-11-12-20(17(2)13-16)32-24(37)15-39-29-34-33-28(40-29)35-21-8-6-9-22(36)26(21)25(19(14-30)27(35)31)18-7-4-5-10-23(18)38-3/h4-5,7,10-13,25H,6,8-9,15,31H2,1-3H3,(H,32,37). The topological polar surface area (TPSA) is 134 Å². The van der Waals surface area contributed by atoms with Crippen molar-refractivity contribution >= 4 is 45.6 Å². The number of amides is 1. The number of nitrogens with zero attached hydrogens (tertiary/aromatic N) is 4. The van der Waals surface area contributed by atoms with Gasteiger partial charge in [0, 0.05) is 28.9 Å². The number of para-hydroxylation sites is 1. The molecule has 0 radical (unpaired) electrons. The summed E-state index contributed by atoms with van der Waals surface area (Å²) in [6.07, 6.45) is 1.66. The summed E-state index contributed by atoms with van der Waals surface area (Å²) in [7, 11) is 1.56. The van der Waals surface area contributed by atoms with E-state index in [0.29, 0.717) is 40.1 Å². The van der Waals surface area contributed by atoms with Gasteiger partial charge in [-0.05, 0) is 44.4 Å². The Hall–Kier alpha value is -4.14. The number of hydrogen-bond donors (Lipinski definition) is 2. The van der Waals surface area contributed by atoms with Crippen molar-refractivity contribution in [1.29, 1.82) is 5.26 Å². The fourth-order valence-electron chi connectivity index (χ4n) is 5.14. The van der Waals surface area contributed by atoms with Gasteiger partial charge in [-0.2, -0.15) is 5.26 Å². The Balaban J connectivity index is 1.43. The third-order valence-electron chi connectivity index (χ3n) is 6.93. The van der Waals surface area contributed by atoms with Crippen molar-refractivity contribution in [3.05, 3.63) is 81.8 Å². The van der Waals surface area contributed by atoms with Crippen LogP contribution in [0.5, 0.6) is 5.75 Å². The number of rotatable bonds is 7. The zero-order chi connectivity index (χ0) is 28.4. The molecule has 1 amide bonds. The van der Waals surface area contributed by atoms with Gasteiger partial charge in [0.1, 0.15) is 11.6 Å². The Morgan fingerprint density at radius 2 is 2.05 bits per heavy atom. The molecular weight excluding hydrogens is 544 g/mol. The quantitative estimate of drug-likeness (QED) is 0.366. The van der Waals surface area contributed by atoms with Crippen molar-refractivity contribution in [3.8, 4) is 11.8 Å². The fourth-order valence-corrected chi connectivity index (χ4v) is 6.82. The SMILES string of the molecule is COc1ccccc1C1C(C#N)=C(N)N(c2nnc(SCC(=O)Nc3ccc(C)cc3C)s2)C2=C1C(=O)CCC2. The van der Waals surface area contributed by atoms with E-state index in [1.807, 2.05) is 56.3 Å². The van der Waals surface area contributed by atoms with Gasteiger partial charge in [-0.3, -0.25) is 14.5 Å². The Labute approximate surface area is 240 Å². The molecule has 0 bridgehead atoms. The maximum absolute atomic E-state index is 13.4. The van der Waals surface area contributed by atoms with E-state index in [1.165, 1.54) is 23.1 Å². The molecule has 1 aliphatic carbocycles. The number of aryl methyl sites for hydroxylation is 2. The molecule has 2 aliphatic rings. The maximum atomic E-state index is 13.4. The lowest BCUT2D eigenvalue weighted by Crippen LogP contribution is -2.38. The monoisotopic (exact) mass is 572 g/mol. The number of carbonyl (C=O) groups is 2. The molecule has 0 spiro atoms. The Morgan fingerprint density at radius 3 is 2.80 bits per heavy atom. The summed E-state index contributed by atoms with van der Waals surface area (Å²) < 4.78 is 6.15. The van der Waals surface area contributed by atoms with Crippen LogP contribution in [0, 0.1) is 25.2 Å². The summed E-state index contributed by atoms with van der Waals surface area (Å²) in [5, 5.41) is 22.2. The number of ether oxygens (including phenoxy) is 1. The number of ketones is 1. The highest BCUT2D eigenvalue weighted by Gasteiger charge is 2.42. The molecule has 1 aromatic heterocycles. The Morgan fingerprint density at radius 1 is 1.25 bits per heavy atom. The lowest BCUT2D eigenvalue weighted by atomic mass is 9.75. The molecule has 0 saturated carbocycles. The number of anilines is 2. The number of nitrogens with two attached hydrogens (primary N) is 1. The zero-order valence-corrected chi connectivity index (χ0v) is 24.0. The first kappa shape index (κ1) is 27.4. The van der Waals surface area contributed by atoms with E-state index in [0.717, 1.165) is 28.1 Å². The van der Waals surface area contributed by atoms with Crippen molar-refractivity contribution in [3.63, 3.8) is 0 Å². The first-order chi connectivity index (χ1) is 19.3. The number of carbonyl (C=O) groups excluding carboxylic acids is 2. The lowest BCUT2D eigenvalue weighted by Gasteiger charge is -2.38. The number of benzene rings is 2. The minimum absolute atomic E-state index is 0.0235. The number of methoxy groups -OCH3 is 1. The van der Waals surface area contributed by atoms with Crippen molar-refractivity contribution in [2.75, 3.05) is 23.1 Å². The first-order valence-electron chi connectivity index (χ1n) is 12.7. The van der Waals surface area contributed by atoms with Gasteiger partial charge in [-0.15, -0.1) is 10.2 Å². The highest BCUT2D eigenvalue weighted by Crippen LogP contribution is 2.48. The van der Waals surface area contributed by atoms with Crippen LogP contribution in [0.3, 0.4) is 0 Å².